The number of hydrogen-bond donors (Lipinski definition) is 0. The molecule has 2 heterocycles. The van der Waals surface area contributed by atoms with Crippen LogP contribution in [-0.2, 0) is 0 Å². The third-order valence-electron chi connectivity index (χ3n) is 4.35. The molecule has 0 aliphatic carbocycles. The molecule has 5 aromatic rings. The highest BCUT2D eigenvalue weighted by molar-refractivity contribution is 9.11. The van der Waals surface area contributed by atoms with Gasteiger partial charge in [-0.05, 0) is 36.4 Å². The number of furan rings is 1. The third-order valence-corrected chi connectivity index (χ3v) is 5.26. The minimum Gasteiger partial charge on any atom is -0.455 e. The summed E-state index contributed by atoms with van der Waals surface area (Å²) in [5.74, 6) is 0. The molecular formula is C21H11Br2NO. The zero-order valence-corrected chi connectivity index (χ0v) is 16.1. The van der Waals surface area contributed by atoms with Crippen molar-refractivity contribution in [3.8, 4) is 11.3 Å². The predicted molar refractivity (Wildman–Crippen MR) is 110 cm³/mol. The molecule has 0 amide bonds. The minimum atomic E-state index is 0.881. The number of hydrogen-bond acceptors (Lipinski definition) is 2. The molecule has 5 rings (SSSR count). The fourth-order valence-corrected chi connectivity index (χ4v) is 4.60. The summed E-state index contributed by atoms with van der Waals surface area (Å²) in [5.41, 5.74) is 4.67. The maximum absolute atomic E-state index is 6.22. The van der Waals surface area contributed by atoms with E-state index in [1.165, 1.54) is 0 Å². The lowest BCUT2D eigenvalue weighted by Gasteiger charge is -2.07. The first-order valence-corrected chi connectivity index (χ1v) is 9.46. The molecular weight excluding hydrogens is 442 g/mol. The monoisotopic (exact) mass is 451 g/mol. The standard InChI is InChI=1S/C21H11Br2NO/c22-13-9-12(10-14(23)11-13)20-19-16-6-2-4-8-18(16)25-21(19)15-5-1-3-7-17(15)24-20/h1-11H. The van der Waals surface area contributed by atoms with E-state index in [0.717, 1.165) is 53.0 Å². The quantitative estimate of drug-likeness (QED) is 0.266. The Bertz CT molecular complexity index is 1250. The Morgan fingerprint density at radius 2 is 1.44 bits per heavy atom. The van der Waals surface area contributed by atoms with Gasteiger partial charge in [0.05, 0.1) is 16.6 Å². The number of para-hydroxylation sites is 2. The van der Waals surface area contributed by atoms with E-state index >= 15 is 0 Å². The summed E-state index contributed by atoms with van der Waals surface area (Å²) in [5, 5.41) is 3.17. The van der Waals surface area contributed by atoms with Crippen LogP contribution in [0.1, 0.15) is 0 Å². The van der Waals surface area contributed by atoms with E-state index in [1.54, 1.807) is 0 Å². The van der Waals surface area contributed by atoms with Crippen molar-refractivity contribution >= 4 is 64.7 Å². The maximum atomic E-state index is 6.22. The largest absolute Gasteiger partial charge is 0.455 e. The van der Waals surface area contributed by atoms with Crippen molar-refractivity contribution in [3.63, 3.8) is 0 Å². The second-order valence-corrected chi connectivity index (χ2v) is 7.77. The van der Waals surface area contributed by atoms with Gasteiger partial charge in [-0.3, -0.25) is 0 Å². The summed E-state index contributed by atoms with van der Waals surface area (Å²) in [7, 11) is 0. The number of aromatic nitrogens is 1. The number of halogens is 2. The normalized spacial score (nSPS) is 11.6. The van der Waals surface area contributed by atoms with Crippen molar-refractivity contribution in [1.29, 1.82) is 0 Å². The van der Waals surface area contributed by atoms with Crippen LogP contribution in [0.15, 0.2) is 80.1 Å². The van der Waals surface area contributed by atoms with Gasteiger partial charge in [0.25, 0.3) is 0 Å². The number of rotatable bonds is 1. The smallest absolute Gasteiger partial charge is 0.147 e. The van der Waals surface area contributed by atoms with E-state index in [0.29, 0.717) is 0 Å². The summed E-state index contributed by atoms with van der Waals surface area (Å²) >= 11 is 7.17. The van der Waals surface area contributed by atoms with Crippen LogP contribution in [0.4, 0.5) is 0 Å². The molecule has 0 radical (unpaired) electrons. The Kier molecular flexibility index (Phi) is 3.43. The Balaban J connectivity index is 2.03. The van der Waals surface area contributed by atoms with Crippen LogP contribution in [0, 0.1) is 0 Å². The topological polar surface area (TPSA) is 26.0 Å². The van der Waals surface area contributed by atoms with Gasteiger partial charge < -0.3 is 4.42 Å². The van der Waals surface area contributed by atoms with Gasteiger partial charge in [0.2, 0.25) is 0 Å². The van der Waals surface area contributed by atoms with Gasteiger partial charge in [-0.15, -0.1) is 0 Å². The molecule has 0 N–H and O–H groups in total. The summed E-state index contributed by atoms with van der Waals surface area (Å²) < 4.78 is 8.24. The summed E-state index contributed by atoms with van der Waals surface area (Å²) in [4.78, 5) is 4.98. The highest BCUT2D eigenvalue weighted by atomic mass is 79.9. The van der Waals surface area contributed by atoms with Crippen LogP contribution in [0.5, 0.6) is 0 Å². The first kappa shape index (κ1) is 15.1. The fraction of sp³-hybridized carbons (Fsp3) is 0. The molecule has 0 fully saturated rings. The summed E-state index contributed by atoms with van der Waals surface area (Å²) in [6.07, 6.45) is 0. The summed E-state index contributed by atoms with van der Waals surface area (Å²) in [6, 6.07) is 22.4. The minimum absolute atomic E-state index is 0.881. The molecule has 2 nitrogen and oxygen atoms in total. The zero-order chi connectivity index (χ0) is 17.0. The first-order valence-electron chi connectivity index (χ1n) is 7.87. The molecule has 2 aromatic heterocycles. The van der Waals surface area contributed by atoms with Crippen LogP contribution in [0.2, 0.25) is 0 Å². The number of benzene rings is 3. The predicted octanol–water partition coefficient (Wildman–Crippen LogP) is 7.33. The molecule has 3 aromatic carbocycles. The fourth-order valence-electron chi connectivity index (χ4n) is 3.31. The van der Waals surface area contributed by atoms with Crippen LogP contribution < -0.4 is 0 Å². The molecule has 4 heteroatoms. The Labute approximate surface area is 160 Å². The van der Waals surface area contributed by atoms with E-state index in [2.05, 4.69) is 56.1 Å². The average molecular weight is 453 g/mol. The van der Waals surface area contributed by atoms with Crippen molar-refractivity contribution in [1.82, 2.24) is 4.98 Å². The highest BCUT2D eigenvalue weighted by Crippen LogP contribution is 2.40. The van der Waals surface area contributed by atoms with Crippen molar-refractivity contribution < 1.29 is 4.42 Å². The zero-order valence-electron chi connectivity index (χ0n) is 13.0. The third kappa shape index (κ3) is 2.40. The van der Waals surface area contributed by atoms with E-state index < -0.39 is 0 Å². The van der Waals surface area contributed by atoms with Crippen LogP contribution in [-0.4, -0.2) is 4.98 Å². The molecule has 25 heavy (non-hydrogen) atoms. The highest BCUT2D eigenvalue weighted by Gasteiger charge is 2.17. The lowest BCUT2D eigenvalue weighted by molar-refractivity contribution is 0.672. The van der Waals surface area contributed by atoms with Crippen molar-refractivity contribution in [2.45, 2.75) is 0 Å². The molecule has 0 bridgehead atoms. The molecule has 0 saturated carbocycles. The van der Waals surface area contributed by atoms with Crippen LogP contribution >= 0.6 is 31.9 Å². The van der Waals surface area contributed by atoms with Crippen molar-refractivity contribution in [2.24, 2.45) is 0 Å². The van der Waals surface area contributed by atoms with Gasteiger partial charge in [-0.2, -0.15) is 0 Å². The van der Waals surface area contributed by atoms with E-state index in [1.807, 2.05) is 42.5 Å². The van der Waals surface area contributed by atoms with Gasteiger partial charge in [0, 0.05) is 25.3 Å². The molecule has 0 atom stereocenters. The van der Waals surface area contributed by atoms with Crippen molar-refractivity contribution in [2.75, 3.05) is 0 Å². The summed E-state index contributed by atoms with van der Waals surface area (Å²) in [6.45, 7) is 0. The molecule has 0 unspecified atom stereocenters. The van der Waals surface area contributed by atoms with E-state index in [9.17, 15) is 0 Å². The second kappa shape index (κ2) is 5.68. The van der Waals surface area contributed by atoms with Gasteiger partial charge in [-0.25, -0.2) is 4.98 Å². The number of pyridine rings is 1. The SMILES string of the molecule is Brc1cc(Br)cc(-c2nc3ccccc3c3oc4ccccc4c23)c1. The molecule has 0 spiro atoms. The lowest BCUT2D eigenvalue weighted by Crippen LogP contribution is -1.88. The van der Waals surface area contributed by atoms with E-state index in [4.69, 9.17) is 9.40 Å². The maximum Gasteiger partial charge on any atom is 0.147 e. The van der Waals surface area contributed by atoms with Crippen LogP contribution in [0.3, 0.4) is 0 Å². The molecule has 120 valence electrons. The van der Waals surface area contributed by atoms with E-state index in [-0.39, 0.29) is 0 Å². The van der Waals surface area contributed by atoms with Crippen LogP contribution in [0.25, 0.3) is 44.1 Å². The Hall–Kier alpha value is -2.17. The van der Waals surface area contributed by atoms with Crippen molar-refractivity contribution in [3.05, 3.63) is 75.7 Å². The first-order chi connectivity index (χ1) is 12.2. The Morgan fingerprint density at radius 1 is 0.760 bits per heavy atom. The number of fused-ring (bicyclic) bond motifs is 5. The average Bonchev–Trinajstić information content (AvgIpc) is 3.00. The Morgan fingerprint density at radius 3 is 2.24 bits per heavy atom. The van der Waals surface area contributed by atoms with Gasteiger partial charge >= 0.3 is 0 Å². The van der Waals surface area contributed by atoms with Gasteiger partial charge in [-0.1, -0.05) is 62.2 Å². The second-order valence-electron chi connectivity index (χ2n) is 5.94. The lowest BCUT2D eigenvalue weighted by atomic mass is 10.0. The molecule has 0 aliphatic rings. The van der Waals surface area contributed by atoms with Gasteiger partial charge in [0.15, 0.2) is 0 Å². The molecule has 0 aliphatic heterocycles. The molecule has 0 saturated heterocycles. The number of nitrogens with zero attached hydrogens (tertiary/aromatic N) is 1. The van der Waals surface area contributed by atoms with Gasteiger partial charge in [0.1, 0.15) is 11.2 Å².